The Morgan fingerprint density at radius 2 is 1.89 bits per heavy atom. The predicted molar refractivity (Wildman–Crippen MR) is 147 cm³/mol. The Balaban J connectivity index is 1.35. The molecule has 1 aliphatic heterocycles. The van der Waals surface area contributed by atoms with Crippen LogP contribution in [0.1, 0.15) is 41.4 Å². The maximum atomic E-state index is 12.9. The molecule has 0 bridgehead atoms. The molecule has 38 heavy (non-hydrogen) atoms. The molecule has 2 amide bonds. The van der Waals surface area contributed by atoms with Crippen LogP contribution in [0.5, 0.6) is 0 Å². The molecule has 1 atom stereocenters. The first-order chi connectivity index (χ1) is 18.4. The van der Waals surface area contributed by atoms with Crippen molar-refractivity contribution in [3.05, 3.63) is 58.1 Å². The molecule has 5 rings (SSSR count). The van der Waals surface area contributed by atoms with Crippen LogP contribution in [0, 0.1) is 0 Å². The Morgan fingerprint density at radius 3 is 2.68 bits per heavy atom. The third-order valence-corrected chi connectivity index (χ3v) is 7.14. The normalized spacial score (nSPS) is 14.2. The number of imidazole rings is 1. The Labute approximate surface area is 228 Å². The van der Waals surface area contributed by atoms with Gasteiger partial charge in [0.25, 0.3) is 5.91 Å². The number of hydrogen-bond donors (Lipinski definition) is 4. The van der Waals surface area contributed by atoms with Gasteiger partial charge in [-0.2, -0.15) is 0 Å². The van der Waals surface area contributed by atoms with Gasteiger partial charge in [0, 0.05) is 36.6 Å². The molecule has 0 spiro atoms. The van der Waals surface area contributed by atoms with E-state index in [9.17, 15) is 9.59 Å². The highest BCUT2D eigenvalue weighted by molar-refractivity contribution is 6.35. The Kier molecular flexibility index (Phi) is 7.92. The number of likely N-dealkylation sites (tertiary alicyclic amines) is 1. The van der Waals surface area contributed by atoms with Gasteiger partial charge in [-0.05, 0) is 49.6 Å². The lowest BCUT2D eigenvalue weighted by Crippen LogP contribution is -2.33. The average molecular weight is 556 g/mol. The fraction of sp³-hybridized carbons (Fsp3) is 0.346. The number of carbonyl (C=O) groups is 2. The molecule has 0 aliphatic carbocycles. The second-order valence-corrected chi connectivity index (χ2v) is 9.98. The van der Waals surface area contributed by atoms with Gasteiger partial charge in [0.05, 0.1) is 39.7 Å². The molecule has 2 aromatic carbocycles. The highest BCUT2D eigenvalue weighted by Gasteiger charge is 2.25. The second-order valence-electron chi connectivity index (χ2n) is 9.14. The summed E-state index contributed by atoms with van der Waals surface area (Å²) in [5.41, 5.74) is 2.46. The highest BCUT2D eigenvalue weighted by atomic mass is 35.5. The monoisotopic (exact) mass is 555 g/mol. The smallest absolute Gasteiger partial charge is 0.255 e. The first-order valence-corrected chi connectivity index (χ1v) is 13.2. The van der Waals surface area contributed by atoms with Crippen molar-refractivity contribution in [3.63, 3.8) is 0 Å². The first kappa shape index (κ1) is 26.1. The number of aromatic nitrogens is 4. The van der Waals surface area contributed by atoms with E-state index >= 15 is 0 Å². The van der Waals surface area contributed by atoms with E-state index < -0.39 is 5.92 Å². The van der Waals surface area contributed by atoms with Gasteiger partial charge in [0.2, 0.25) is 5.91 Å². The van der Waals surface area contributed by atoms with E-state index in [1.165, 1.54) is 6.33 Å². The number of rotatable bonds is 9. The van der Waals surface area contributed by atoms with Crippen molar-refractivity contribution in [2.75, 3.05) is 38.1 Å². The second kappa shape index (κ2) is 11.5. The number of aliphatic hydroxyl groups excluding tert-OH is 1. The van der Waals surface area contributed by atoms with Crippen LogP contribution in [0.15, 0.2) is 36.7 Å². The van der Waals surface area contributed by atoms with E-state index in [1.807, 2.05) is 6.07 Å². The molecule has 1 unspecified atom stereocenters. The van der Waals surface area contributed by atoms with Crippen LogP contribution < -0.4 is 10.6 Å². The summed E-state index contributed by atoms with van der Waals surface area (Å²) in [7, 11) is 0. The Morgan fingerprint density at radius 1 is 1.08 bits per heavy atom. The number of halogens is 2. The molecule has 4 aromatic rings. The molecule has 0 saturated carbocycles. The number of hydrogen-bond acceptors (Lipinski definition) is 7. The van der Waals surface area contributed by atoms with Gasteiger partial charge in [-0.25, -0.2) is 15.0 Å². The zero-order chi connectivity index (χ0) is 26.6. The molecular formula is C26H27Cl2N7O3. The molecule has 3 heterocycles. The highest BCUT2D eigenvalue weighted by Crippen LogP contribution is 2.29. The number of H-pyrrole nitrogens is 1. The van der Waals surface area contributed by atoms with E-state index in [0.717, 1.165) is 31.4 Å². The van der Waals surface area contributed by atoms with Crippen LogP contribution in [-0.4, -0.2) is 74.5 Å². The minimum atomic E-state index is -0.610. The summed E-state index contributed by atoms with van der Waals surface area (Å²) >= 11 is 12.6. The van der Waals surface area contributed by atoms with Gasteiger partial charge >= 0.3 is 0 Å². The molecule has 2 aromatic heterocycles. The maximum Gasteiger partial charge on any atom is 0.255 e. The number of aromatic amines is 1. The van der Waals surface area contributed by atoms with Crippen molar-refractivity contribution in [3.8, 4) is 0 Å². The van der Waals surface area contributed by atoms with Crippen LogP contribution in [0.2, 0.25) is 10.0 Å². The fourth-order valence-electron chi connectivity index (χ4n) is 4.66. The van der Waals surface area contributed by atoms with Gasteiger partial charge in [-0.1, -0.05) is 23.2 Å². The zero-order valence-corrected chi connectivity index (χ0v) is 22.0. The van der Waals surface area contributed by atoms with Crippen LogP contribution in [-0.2, 0) is 4.79 Å². The summed E-state index contributed by atoms with van der Waals surface area (Å²) < 4.78 is 0. The lowest BCUT2D eigenvalue weighted by molar-refractivity contribution is -0.122. The Hall–Kier alpha value is -3.47. The van der Waals surface area contributed by atoms with Crippen molar-refractivity contribution in [1.82, 2.24) is 30.2 Å². The Bertz CT molecular complexity index is 1490. The standard InChI is InChI=1S/C26H27Cl2N7O3/c27-15-3-4-20-22(11-15)34-24(33-20)16(25(37)30-7-10-36)5-6-29-23-18-12-19(28)17(13-21(18)31-14-32-23)26(38)35-8-1-2-9-35/h3-4,11-14,16,36H,1-2,5-10H2,(H,30,37)(H,33,34)(H,29,31,32). The average Bonchev–Trinajstić information content (AvgIpc) is 3.59. The number of nitrogens with one attached hydrogen (secondary N) is 3. The third kappa shape index (κ3) is 5.52. The molecule has 10 nitrogen and oxygen atoms in total. The number of benzene rings is 2. The van der Waals surface area contributed by atoms with E-state index in [0.29, 0.717) is 56.6 Å². The van der Waals surface area contributed by atoms with Crippen molar-refractivity contribution in [1.29, 1.82) is 0 Å². The van der Waals surface area contributed by atoms with Gasteiger partial charge in [0.1, 0.15) is 18.0 Å². The predicted octanol–water partition coefficient (Wildman–Crippen LogP) is 3.74. The number of anilines is 1. The minimum Gasteiger partial charge on any atom is -0.395 e. The molecule has 198 valence electrons. The number of aliphatic hydroxyl groups is 1. The summed E-state index contributed by atoms with van der Waals surface area (Å²) in [6.45, 7) is 1.82. The van der Waals surface area contributed by atoms with E-state index in [2.05, 4.69) is 30.6 Å². The van der Waals surface area contributed by atoms with Crippen LogP contribution in [0.3, 0.4) is 0 Å². The molecule has 0 radical (unpaired) electrons. The van der Waals surface area contributed by atoms with Crippen LogP contribution in [0.4, 0.5) is 5.82 Å². The van der Waals surface area contributed by atoms with E-state index in [1.54, 1.807) is 29.2 Å². The minimum absolute atomic E-state index is 0.0913. The number of fused-ring (bicyclic) bond motifs is 2. The number of nitrogens with zero attached hydrogens (tertiary/aromatic N) is 4. The zero-order valence-electron chi connectivity index (χ0n) is 20.5. The van der Waals surface area contributed by atoms with Crippen LogP contribution >= 0.6 is 23.2 Å². The maximum absolute atomic E-state index is 12.9. The number of carbonyl (C=O) groups excluding carboxylic acids is 2. The quantitative estimate of drug-likeness (QED) is 0.247. The summed E-state index contributed by atoms with van der Waals surface area (Å²) in [6.07, 6.45) is 3.80. The molecule has 4 N–H and O–H groups in total. The number of amides is 2. The topological polar surface area (TPSA) is 136 Å². The van der Waals surface area contributed by atoms with Crippen molar-refractivity contribution in [2.24, 2.45) is 0 Å². The van der Waals surface area contributed by atoms with Gasteiger partial charge in [-0.15, -0.1) is 0 Å². The lowest BCUT2D eigenvalue weighted by Gasteiger charge is -2.17. The van der Waals surface area contributed by atoms with Gasteiger partial charge < -0.3 is 25.6 Å². The molecule has 1 aliphatic rings. The molecule has 1 fully saturated rings. The summed E-state index contributed by atoms with van der Waals surface area (Å²) in [6, 6.07) is 8.71. The molecule has 12 heteroatoms. The lowest BCUT2D eigenvalue weighted by atomic mass is 10.0. The SMILES string of the molecule is O=C(NCCO)C(CCNc1ncnc2cc(C(=O)N3CCCC3)c(Cl)cc12)c1nc2cc(Cl)ccc2[nH]1. The van der Waals surface area contributed by atoms with Crippen molar-refractivity contribution in [2.45, 2.75) is 25.2 Å². The molecular weight excluding hydrogens is 529 g/mol. The van der Waals surface area contributed by atoms with Gasteiger partial charge in [0.15, 0.2) is 0 Å². The van der Waals surface area contributed by atoms with Crippen LogP contribution in [0.25, 0.3) is 21.9 Å². The van der Waals surface area contributed by atoms with Crippen molar-refractivity contribution < 1.29 is 14.7 Å². The largest absolute Gasteiger partial charge is 0.395 e. The van der Waals surface area contributed by atoms with E-state index in [-0.39, 0.29) is 25.0 Å². The summed E-state index contributed by atoms with van der Waals surface area (Å²) in [5, 5.41) is 16.7. The fourth-order valence-corrected chi connectivity index (χ4v) is 5.08. The summed E-state index contributed by atoms with van der Waals surface area (Å²) in [4.78, 5) is 44.1. The third-order valence-electron chi connectivity index (χ3n) is 6.59. The van der Waals surface area contributed by atoms with Gasteiger partial charge in [-0.3, -0.25) is 9.59 Å². The molecule has 1 saturated heterocycles. The first-order valence-electron chi connectivity index (χ1n) is 12.5. The summed E-state index contributed by atoms with van der Waals surface area (Å²) in [5.74, 6) is 0.0859. The van der Waals surface area contributed by atoms with E-state index in [4.69, 9.17) is 28.3 Å². The van der Waals surface area contributed by atoms with Crippen molar-refractivity contribution >= 4 is 62.8 Å².